The van der Waals surface area contributed by atoms with Crippen LogP contribution in [0.15, 0.2) is 35.2 Å². The molecule has 0 spiro atoms. The fraction of sp³-hybridized carbons (Fsp3) is 0.571. The molecule has 1 aromatic rings. The van der Waals surface area contributed by atoms with Gasteiger partial charge in [0.2, 0.25) is 0 Å². The van der Waals surface area contributed by atoms with Crippen LogP contribution in [0.1, 0.15) is 26.7 Å². The van der Waals surface area contributed by atoms with Crippen molar-refractivity contribution >= 4 is 11.8 Å². The summed E-state index contributed by atoms with van der Waals surface area (Å²) >= 11 is 1.83. The van der Waals surface area contributed by atoms with Gasteiger partial charge in [0.15, 0.2) is 0 Å². The summed E-state index contributed by atoms with van der Waals surface area (Å²) in [6.07, 6.45) is 2.00. The fourth-order valence-corrected chi connectivity index (χ4v) is 2.56. The minimum atomic E-state index is -0.0769. The van der Waals surface area contributed by atoms with Crippen LogP contribution in [-0.4, -0.2) is 24.5 Å². The highest BCUT2D eigenvalue weighted by Crippen LogP contribution is 2.21. The lowest BCUT2D eigenvalue weighted by Crippen LogP contribution is -2.38. The van der Waals surface area contributed by atoms with E-state index in [0.717, 1.165) is 18.6 Å². The highest BCUT2D eigenvalue weighted by molar-refractivity contribution is 7.99. The van der Waals surface area contributed by atoms with E-state index in [4.69, 9.17) is 10.6 Å². The Balaban J connectivity index is 2.34. The highest BCUT2D eigenvalue weighted by Gasteiger charge is 2.18. The molecule has 4 heteroatoms. The zero-order chi connectivity index (χ0) is 13.4. The number of hydrogen-bond acceptors (Lipinski definition) is 4. The number of benzene rings is 1. The number of methoxy groups -OCH3 is 1. The summed E-state index contributed by atoms with van der Waals surface area (Å²) in [4.78, 5) is 1.28. The number of hydrazine groups is 1. The fourth-order valence-electron chi connectivity index (χ4n) is 1.55. The number of hydrogen-bond donors (Lipinski definition) is 2. The van der Waals surface area contributed by atoms with Gasteiger partial charge in [0.1, 0.15) is 0 Å². The van der Waals surface area contributed by atoms with E-state index >= 15 is 0 Å². The predicted octanol–water partition coefficient (Wildman–Crippen LogP) is 2.82. The maximum Gasteiger partial charge on any atom is 0.0623 e. The van der Waals surface area contributed by atoms with Gasteiger partial charge in [-0.2, -0.15) is 0 Å². The molecule has 0 aliphatic heterocycles. The van der Waals surface area contributed by atoms with Crippen molar-refractivity contribution in [3.63, 3.8) is 0 Å². The van der Waals surface area contributed by atoms with Crippen LogP contribution in [0.4, 0.5) is 0 Å². The first-order chi connectivity index (χ1) is 8.57. The van der Waals surface area contributed by atoms with E-state index in [1.54, 1.807) is 7.11 Å². The third-order valence-corrected chi connectivity index (χ3v) is 4.25. The molecule has 18 heavy (non-hydrogen) atoms. The summed E-state index contributed by atoms with van der Waals surface area (Å²) in [6.45, 7) is 4.20. The molecule has 0 radical (unpaired) electrons. The molecule has 3 N–H and O–H groups in total. The molecule has 1 aromatic carbocycles. The Hall–Kier alpha value is -0.550. The molecule has 0 amide bonds. The van der Waals surface area contributed by atoms with Crippen molar-refractivity contribution < 1.29 is 4.74 Å². The number of thioether (sulfide) groups is 1. The largest absolute Gasteiger partial charge is 0.379 e. The van der Waals surface area contributed by atoms with Gasteiger partial charge in [0, 0.05) is 23.8 Å². The summed E-state index contributed by atoms with van der Waals surface area (Å²) in [7, 11) is 1.75. The Morgan fingerprint density at radius 2 is 2.00 bits per heavy atom. The summed E-state index contributed by atoms with van der Waals surface area (Å²) in [5.41, 5.74) is 2.82. The topological polar surface area (TPSA) is 47.3 Å². The normalized spacial score (nSPS) is 13.6. The van der Waals surface area contributed by atoms with Crippen molar-refractivity contribution in [1.82, 2.24) is 5.43 Å². The van der Waals surface area contributed by atoms with Crippen LogP contribution >= 0.6 is 11.8 Å². The Morgan fingerprint density at radius 1 is 1.33 bits per heavy atom. The summed E-state index contributed by atoms with van der Waals surface area (Å²) in [6, 6.07) is 10.7. The molecule has 0 fully saturated rings. The summed E-state index contributed by atoms with van der Waals surface area (Å²) in [5, 5.41) is 0. The van der Waals surface area contributed by atoms with Crippen molar-refractivity contribution in [2.24, 2.45) is 5.84 Å². The third kappa shape index (κ3) is 5.87. The van der Waals surface area contributed by atoms with Crippen LogP contribution < -0.4 is 11.3 Å². The first kappa shape index (κ1) is 15.5. The number of ether oxygens (including phenoxy) is 1. The average molecular weight is 268 g/mol. The van der Waals surface area contributed by atoms with E-state index in [2.05, 4.69) is 43.5 Å². The van der Waals surface area contributed by atoms with Crippen LogP contribution in [0.25, 0.3) is 0 Å². The van der Waals surface area contributed by atoms with Gasteiger partial charge < -0.3 is 4.74 Å². The van der Waals surface area contributed by atoms with E-state index in [1.165, 1.54) is 4.90 Å². The van der Waals surface area contributed by atoms with Gasteiger partial charge in [-0.1, -0.05) is 18.2 Å². The van der Waals surface area contributed by atoms with E-state index in [0.29, 0.717) is 6.04 Å². The first-order valence-corrected chi connectivity index (χ1v) is 7.25. The van der Waals surface area contributed by atoms with Crippen molar-refractivity contribution in [3.05, 3.63) is 30.3 Å². The molecule has 1 rings (SSSR count). The molecule has 1 atom stereocenters. The monoisotopic (exact) mass is 268 g/mol. The lowest BCUT2D eigenvalue weighted by Gasteiger charge is -2.25. The molecule has 0 aliphatic rings. The van der Waals surface area contributed by atoms with Crippen LogP contribution in [0, 0.1) is 0 Å². The smallest absolute Gasteiger partial charge is 0.0623 e. The van der Waals surface area contributed by atoms with Crippen LogP contribution in [0.5, 0.6) is 0 Å². The minimum Gasteiger partial charge on any atom is -0.379 e. The van der Waals surface area contributed by atoms with Crippen LogP contribution in [-0.2, 0) is 4.74 Å². The molecular weight excluding hydrogens is 244 g/mol. The van der Waals surface area contributed by atoms with Crippen LogP contribution in [0.2, 0.25) is 0 Å². The van der Waals surface area contributed by atoms with Crippen molar-refractivity contribution in [2.45, 2.75) is 43.2 Å². The van der Waals surface area contributed by atoms with Gasteiger partial charge in [-0.05, 0) is 38.8 Å². The van der Waals surface area contributed by atoms with Crippen molar-refractivity contribution in [1.29, 1.82) is 0 Å². The van der Waals surface area contributed by atoms with Gasteiger partial charge in [-0.3, -0.25) is 11.3 Å². The quantitative estimate of drug-likeness (QED) is 0.432. The lowest BCUT2D eigenvalue weighted by atomic mass is 10.00. The summed E-state index contributed by atoms with van der Waals surface area (Å²) in [5.74, 6) is 6.58. The number of rotatable bonds is 8. The maximum absolute atomic E-state index is 5.60. The van der Waals surface area contributed by atoms with E-state index < -0.39 is 0 Å². The van der Waals surface area contributed by atoms with Crippen molar-refractivity contribution in [2.75, 3.05) is 12.9 Å². The van der Waals surface area contributed by atoms with E-state index in [9.17, 15) is 0 Å². The molecule has 3 nitrogen and oxygen atoms in total. The molecule has 0 saturated carbocycles. The second-order valence-corrected chi connectivity index (χ2v) is 6.08. The van der Waals surface area contributed by atoms with Gasteiger partial charge in [-0.25, -0.2) is 0 Å². The molecule has 0 saturated heterocycles. The Kier molecular flexibility index (Phi) is 6.71. The van der Waals surface area contributed by atoms with Gasteiger partial charge >= 0.3 is 0 Å². The van der Waals surface area contributed by atoms with Gasteiger partial charge in [-0.15, -0.1) is 11.8 Å². The Bertz CT molecular complexity index is 330. The average Bonchev–Trinajstić information content (AvgIpc) is 2.40. The van der Waals surface area contributed by atoms with Crippen molar-refractivity contribution in [3.8, 4) is 0 Å². The number of nitrogens with one attached hydrogen (secondary N) is 1. The predicted molar refractivity (Wildman–Crippen MR) is 78.6 cm³/mol. The van der Waals surface area contributed by atoms with Gasteiger partial charge in [0.25, 0.3) is 0 Å². The zero-order valence-electron chi connectivity index (χ0n) is 11.5. The molecule has 0 heterocycles. The van der Waals surface area contributed by atoms with E-state index in [1.807, 2.05) is 17.8 Å². The summed E-state index contributed by atoms with van der Waals surface area (Å²) < 4.78 is 5.42. The molecule has 102 valence electrons. The standard InChI is InChI=1S/C14H24N2OS/c1-14(2,17-3)10-9-12(16-15)11-18-13-7-5-4-6-8-13/h4-8,12,16H,9-11,15H2,1-3H3. The second-order valence-electron chi connectivity index (χ2n) is 4.99. The first-order valence-electron chi connectivity index (χ1n) is 6.26. The zero-order valence-corrected chi connectivity index (χ0v) is 12.3. The Labute approximate surface area is 114 Å². The van der Waals surface area contributed by atoms with Gasteiger partial charge in [0.05, 0.1) is 5.60 Å². The highest BCUT2D eigenvalue weighted by atomic mass is 32.2. The second kappa shape index (κ2) is 7.79. The molecule has 1 unspecified atom stereocenters. The number of nitrogens with two attached hydrogens (primary N) is 1. The molecular formula is C14H24N2OS. The molecule has 0 aliphatic carbocycles. The molecule has 0 bridgehead atoms. The SMILES string of the molecule is COC(C)(C)CCC(CSc1ccccc1)NN. The molecule has 0 aromatic heterocycles. The lowest BCUT2D eigenvalue weighted by molar-refractivity contribution is 0.0122. The Morgan fingerprint density at radius 3 is 2.56 bits per heavy atom. The van der Waals surface area contributed by atoms with E-state index in [-0.39, 0.29) is 5.60 Å². The minimum absolute atomic E-state index is 0.0769. The maximum atomic E-state index is 5.60. The third-order valence-electron chi connectivity index (χ3n) is 3.08. The van der Waals surface area contributed by atoms with Crippen LogP contribution in [0.3, 0.4) is 0 Å².